The summed E-state index contributed by atoms with van der Waals surface area (Å²) >= 11 is 9.44. The van der Waals surface area contributed by atoms with Crippen LogP contribution in [0.5, 0.6) is 5.75 Å². The van der Waals surface area contributed by atoms with Crippen LogP contribution in [-0.4, -0.2) is 38.8 Å². The van der Waals surface area contributed by atoms with Crippen LogP contribution in [0.3, 0.4) is 0 Å². The van der Waals surface area contributed by atoms with E-state index >= 15 is 0 Å². The third-order valence-corrected chi connectivity index (χ3v) is 7.40. The van der Waals surface area contributed by atoms with Gasteiger partial charge in [-0.3, -0.25) is 9.36 Å². The van der Waals surface area contributed by atoms with Gasteiger partial charge in [0.25, 0.3) is 5.91 Å². The van der Waals surface area contributed by atoms with Crippen LogP contribution in [0.1, 0.15) is 28.3 Å². The van der Waals surface area contributed by atoms with Gasteiger partial charge in [0.1, 0.15) is 16.5 Å². The second kappa shape index (κ2) is 9.54. The summed E-state index contributed by atoms with van der Waals surface area (Å²) in [5.74, 6) is 1.76. The first-order chi connectivity index (χ1) is 16.1. The lowest BCUT2D eigenvalue weighted by atomic mass is 10.2. The summed E-state index contributed by atoms with van der Waals surface area (Å²) in [6.07, 6.45) is 2.09. The second-order valence-electron chi connectivity index (χ2n) is 7.46. The van der Waals surface area contributed by atoms with Gasteiger partial charge in [0.15, 0.2) is 11.0 Å². The molecule has 1 saturated carbocycles. The van der Waals surface area contributed by atoms with Crippen molar-refractivity contribution in [3.8, 4) is 22.8 Å². The first-order valence-corrected chi connectivity index (χ1v) is 12.6. The number of hydrogen-bond donors (Lipinski definition) is 1. The van der Waals surface area contributed by atoms with Gasteiger partial charge in [-0.2, -0.15) is 0 Å². The molecule has 0 atom stereocenters. The molecule has 1 amide bonds. The maximum atomic E-state index is 12.3. The molecule has 0 saturated heterocycles. The normalized spacial score (nSPS) is 13.2. The maximum Gasteiger partial charge on any atom is 0.270 e. The zero-order valence-electron chi connectivity index (χ0n) is 17.7. The van der Waals surface area contributed by atoms with Crippen molar-refractivity contribution in [3.63, 3.8) is 0 Å². The van der Waals surface area contributed by atoms with Crippen molar-refractivity contribution in [2.24, 2.45) is 0 Å². The highest BCUT2D eigenvalue weighted by molar-refractivity contribution is 7.98. The van der Waals surface area contributed by atoms with Gasteiger partial charge in [-0.25, -0.2) is 4.98 Å². The summed E-state index contributed by atoms with van der Waals surface area (Å²) in [7, 11) is 1.63. The highest BCUT2D eigenvalue weighted by Gasteiger charge is 2.25. The lowest BCUT2D eigenvalue weighted by Gasteiger charge is -2.14. The molecule has 1 aliphatic rings. The molecule has 0 spiro atoms. The smallest absolute Gasteiger partial charge is 0.270 e. The molecule has 0 bridgehead atoms. The minimum Gasteiger partial charge on any atom is -0.495 e. The monoisotopic (exact) mass is 497 g/mol. The number of carbonyl (C=O) groups is 1. The van der Waals surface area contributed by atoms with Gasteiger partial charge in [-0.15, -0.1) is 21.5 Å². The summed E-state index contributed by atoms with van der Waals surface area (Å²) in [6, 6.07) is 15.5. The minimum absolute atomic E-state index is 0.108. The average molecular weight is 498 g/mol. The van der Waals surface area contributed by atoms with Crippen LogP contribution in [0.15, 0.2) is 59.1 Å². The molecule has 4 aromatic rings. The van der Waals surface area contributed by atoms with Crippen LogP contribution < -0.4 is 10.1 Å². The van der Waals surface area contributed by atoms with Gasteiger partial charge < -0.3 is 10.1 Å². The average Bonchev–Trinajstić information content (AvgIpc) is 3.35. The van der Waals surface area contributed by atoms with Gasteiger partial charge in [0.2, 0.25) is 0 Å². The molecule has 2 heterocycles. The summed E-state index contributed by atoms with van der Waals surface area (Å²) in [5.41, 5.74) is 2.05. The van der Waals surface area contributed by atoms with Crippen molar-refractivity contribution in [2.45, 2.75) is 29.8 Å². The summed E-state index contributed by atoms with van der Waals surface area (Å²) < 4.78 is 7.54. The number of nitrogens with zero attached hydrogens (tertiary/aromatic N) is 4. The van der Waals surface area contributed by atoms with Gasteiger partial charge in [0, 0.05) is 17.0 Å². The molecule has 10 heteroatoms. The SMILES string of the molecule is COc1ccccc1-n1c(SCc2nc(C(=O)NC3CC3)cs2)nnc1-c1ccccc1Cl. The van der Waals surface area contributed by atoms with Crippen molar-refractivity contribution >= 4 is 40.6 Å². The fraction of sp³-hybridized carbons (Fsp3) is 0.217. The zero-order chi connectivity index (χ0) is 22.8. The van der Waals surface area contributed by atoms with E-state index in [-0.39, 0.29) is 5.91 Å². The number of ether oxygens (including phenoxy) is 1. The number of thioether (sulfide) groups is 1. The number of amides is 1. The number of benzene rings is 2. The van der Waals surface area contributed by atoms with Crippen LogP contribution in [0.4, 0.5) is 0 Å². The summed E-state index contributed by atoms with van der Waals surface area (Å²) in [5, 5.41) is 15.8. The molecule has 0 radical (unpaired) electrons. The molecule has 0 aliphatic heterocycles. The first-order valence-electron chi connectivity index (χ1n) is 10.4. The number of rotatable bonds is 8. The minimum atomic E-state index is -0.108. The van der Waals surface area contributed by atoms with Crippen LogP contribution in [-0.2, 0) is 5.75 Å². The maximum absolute atomic E-state index is 12.3. The highest BCUT2D eigenvalue weighted by atomic mass is 35.5. The number of para-hydroxylation sites is 2. The molecule has 0 unspecified atom stereocenters. The van der Waals surface area contributed by atoms with Gasteiger partial charge >= 0.3 is 0 Å². The van der Waals surface area contributed by atoms with Crippen LogP contribution in [0.2, 0.25) is 5.02 Å². The van der Waals surface area contributed by atoms with Crippen molar-refractivity contribution in [1.82, 2.24) is 25.1 Å². The molecular weight excluding hydrogens is 478 g/mol. The van der Waals surface area contributed by atoms with E-state index in [1.165, 1.54) is 23.1 Å². The molecular formula is C23H20ClN5O2S2. The number of hydrogen-bond acceptors (Lipinski definition) is 7. The Labute approximate surface area is 204 Å². The Morgan fingerprint density at radius 2 is 2.00 bits per heavy atom. The molecule has 33 heavy (non-hydrogen) atoms. The number of carbonyl (C=O) groups excluding carboxylic acids is 1. The quantitative estimate of drug-likeness (QED) is 0.335. The zero-order valence-corrected chi connectivity index (χ0v) is 20.1. The summed E-state index contributed by atoms with van der Waals surface area (Å²) in [6.45, 7) is 0. The Morgan fingerprint density at radius 1 is 1.21 bits per heavy atom. The van der Waals surface area contributed by atoms with Gasteiger partial charge in [-0.1, -0.05) is 47.6 Å². The van der Waals surface area contributed by atoms with E-state index in [1.54, 1.807) is 12.5 Å². The van der Waals surface area contributed by atoms with E-state index in [9.17, 15) is 4.79 Å². The van der Waals surface area contributed by atoms with Crippen molar-refractivity contribution in [3.05, 3.63) is 69.6 Å². The third-order valence-electron chi connectivity index (χ3n) is 5.10. The van der Waals surface area contributed by atoms with E-state index in [0.29, 0.717) is 39.2 Å². The predicted molar refractivity (Wildman–Crippen MR) is 131 cm³/mol. The Balaban J connectivity index is 1.46. The summed E-state index contributed by atoms with van der Waals surface area (Å²) in [4.78, 5) is 16.8. The van der Waals surface area contributed by atoms with Crippen LogP contribution >= 0.6 is 34.7 Å². The molecule has 1 N–H and O–H groups in total. The van der Waals surface area contributed by atoms with Crippen LogP contribution in [0, 0.1) is 0 Å². The topological polar surface area (TPSA) is 81.9 Å². The number of nitrogens with one attached hydrogen (secondary N) is 1. The van der Waals surface area contributed by atoms with E-state index < -0.39 is 0 Å². The second-order valence-corrected chi connectivity index (χ2v) is 9.75. The molecule has 168 valence electrons. The number of methoxy groups -OCH3 is 1. The fourth-order valence-electron chi connectivity index (χ4n) is 3.31. The van der Waals surface area contributed by atoms with Gasteiger partial charge in [0.05, 0.1) is 23.6 Å². The first kappa shape index (κ1) is 21.9. The van der Waals surface area contributed by atoms with Crippen molar-refractivity contribution in [1.29, 1.82) is 0 Å². The Morgan fingerprint density at radius 3 is 2.79 bits per heavy atom. The predicted octanol–water partition coefficient (Wildman–Crippen LogP) is 5.24. The van der Waals surface area contributed by atoms with Crippen molar-refractivity contribution in [2.75, 3.05) is 7.11 Å². The third kappa shape index (κ3) is 4.75. The molecule has 2 aromatic heterocycles. The van der Waals surface area contributed by atoms with E-state index in [1.807, 2.05) is 53.1 Å². The Kier molecular flexibility index (Phi) is 6.34. The lowest BCUT2D eigenvalue weighted by molar-refractivity contribution is 0.0946. The molecule has 5 rings (SSSR count). The molecule has 1 aliphatic carbocycles. The lowest BCUT2D eigenvalue weighted by Crippen LogP contribution is -2.25. The van der Waals surface area contributed by atoms with Gasteiger partial charge in [-0.05, 0) is 37.1 Å². The highest BCUT2D eigenvalue weighted by Crippen LogP contribution is 2.36. The fourth-order valence-corrected chi connectivity index (χ4v) is 5.26. The molecule has 2 aromatic carbocycles. The number of thiazole rings is 1. The van der Waals surface area contributed by atoms with Crippen LogP contribution in [0.25, 0.3) is 17.1 Å². The Bertz CT molecular complexity index is 1300. The number of aromatic nitrogens is 4. The standard InChI is InChI=1S/C23H20ClN5O2S2/c1-31-19-9-5-4-8-18(19)29-21(15-6-2-3-7-16(15)24)27-28-23(29)33-13-20-26-17(12-32-20)22(30)25-14-10-11-14/h2-9,12,14H,10-11,13H2,1H3,(H,25,30). The van der Waals surface area contributed by atoms with E-state index in [0.717, 1.165) is 29.1 Å². The molecule has 7 nitrogen and oxygen atoms in total. The number of halogens is 1. The van der Waals surface area contributed by atoms with E-state index in [4.69, 9.17) is 16.3 Å². The molecule has 1 fully saturated rings. The largest absolute Gasteiger partial charge is 0.495 e. The van der Waals surface area contributed by atoms with Crippen molar-refractivity contribution < 1.29 is 9.53 Å². The Hall–Kier alpha value is -2.88. The van der Waals surface area contributed by atoms with E-state index in [2.05, 4.69) is 20.5 Å².